The van der Waals surface area contributed by atoms with Crippen LogP contribution in [-0.4, -0.2) is 49.1 Å². The molecule has 2 heterocycles. The van der Waals surface area contributed by atoms with Crippen LogP contribution in [-0.2, 0) is 17.9 Å². The van der Waals surface area contributed by atoms with Gasteiger partial charge < -0.3 is 9.62 Å². The molecule has 1 atom stereocenters. The van der Waals surface area contributed by atoms with Gasteiger partial charge in [-0.05, 0) is 53.9 Å². The highest BCUT2D eigenvalue weighted by molar-refractivity contribution is 5.85. The molecule has 2 aliphatic rings. The molecule has 1 saturated heterocycles. The Morgan fingerprint density at radius 2 is 1.50 bits per heavy atom. The van der Waals surface area contributed by atoms with Crippen LogP contribution in [0.2, 0.25) is 0 Å². The summed E-state index contributed by atoms with van der Waals surface area (Å²) in [6, 6.07) is 19.3. The number of nitrogens with zero attached hydrogens (tertiary/aromatic N) is 2. The van der Waals surface area contributed by atoms with Crippen molar-refractivity contribution in [3.63, 3.8) is 0 Å². The van der Waals surface area contributed by atoms with Gasteiger partial charge >= 0.3 is 0 Å². The molecule has 0 amide bonds. The van der Waals surface area contributed by atoms with Gasteiger partial charge in [0.05, 0.1) is 0 Å². The highest BCUT2D eigenvalue weighted by Gasteiger charge is 2.25. The lowest BCUT2D eigenvalue weighted by atomic mass is 9.96. The summed E-state index contributed by atoms with van der Waals surface area (Å²) in [5.41, 5.74) is 3.17. The summed E-state index contributed by atoms with van der Waals surface area (Å²) in [5, 5.41) is 0. The first-order chi connectivity index (χ1) is 16.6. The second-order valence-corrected chi connectivity index (χ2v) is 8.74. The van der Waals surface area contributed by atoms with Crippen molar-refractivity contribution in [1.82, 2.24) is 9.80 Å². The molecule has 3 aromatic carbocycles. The molecule has 36 heavy (non-hydrogen) atoms. The van der Waals surface area contributed by atoms with E-state index in [1.54, 1.807) is 0 Å². The van der Waals surface area contributed by atoms with Gasteiger partial charge in [0, 0.05) is 50.4 Å². The Balaban J connectivity index is 0.00000180. The second kappa shape index (κ2) is 13.2. The molecule has 0 saturated carbocycles. The Hall–Kier alpha value is -2.42. The van der Waals surface area contributed by atoms with E-state index in [2.05, 4.69) is 9.80 Å². The largest absolute Gasteiger partial charge is 0.492 e. The maximum atomic E-state index is 13.5. The number of rotatable bonds is 8. The number of benzene rings is 3. The second-order valence-electron chi connectivity index (χ2n) is 8.74. The van der Waals surface area contributed by atoms with Crippen LogP contribution < -0.4 is 9.62 Å². The van der Waals surface area contributed by atoms with Gasteiger partial charge in [-0.3, -0.25) is 9.80 Å². The fourth-order valence-corrected chi connectivity index (χ4v) is 4.56. The van der Waals surface area contributed by atoms with E-state index in [1.165, 1.54) is 24.3 Å². The molecule has 0 aliphatic carbocycles. The molecule has 5 nitrogen and oxygen atoms in total. The van der Waals surface area contributed by atoms with Crippen molar-refractivity contribution >= 4 is 24.8 Å². The van der Waals surface area contributed by atoms with Gasteiger partial charge in [0.15, 0.2) is 5.75 Å². The first-order valence-corrected chi connectivity index (χ1v) is 11.7. The van der Waals surface area contributed by atoms with Crippen LogP contribution in [0, 0.1) is 11.6 Å². The van der Waals surface area contributed by atoms with E-state index in [4.69, 9.17) is 14.5 Å². The van der Waals surface area contributed by atoms with E-state index >= 15 is 0 Å². The molecule has 3 aromatic rings. The lowest BCUT2D eigenvalue weighted by Crippen LogP contribution is -2.48. The lowest BCUT2D eigenvalue weighted by molar-refractivity contribution is -0.194. The third kappa shape index (κ3) is 7.08. The predicted octanol–water partition coefficient (Wildman–Crippen LogP) is 5.61. The van der Waals surface area contributed by atoms with Crippen molar-refractivity contribution in [2.75, 3.05) is 39.3 Å². The Morgan fingerprint density at radius 1 is 0.833 bits per heavy atom. The van der Waals surface area contributed by atoms with Crippen molar-refractivity contribution in [3.8, 4) is 11.5 Å². The minimum absolute atomic E-state index is 0. The minimum atomic E-state index is -0.239. The van der Waals surface area contributed by atoms with Gasteiger partial charge in [0.25, 0.3) is 0 Å². The summed E-state index contributed by atoms with van der Waals surface area (Å²) in [6.07, 6.45) is 0.749. The molecule has 0 radical (unpaired) electrons. The molecular formula is C27H30Cl2F2N2O3. The van der Waals surface area contributed by atoms with E-state index in [9.17, 15) is 8.78 Å². The van der Waals surface area contributed by atoms with Crippen LogP contribution in [0.15, 0.2) is 66.7 Å². The topological polar surface area (TPSA) is 34.2 Å². The van der Waals surface area contributed by atoms with Crippen LogP contribution in [0.5, 0.6) is 11.5 Å². The zero-order valence-corrected chi connectivity index (χ0v) is 21.4. The van der Waals surface area contributed by atoms with Crippen molar-refractivity contribution in [3.05, 3.63) is 95.1 Å². The highest BCUT2D eigenvalue weighted by atomic mass is 35.5. The van der Waals surface area contributed by atoms with Crippen LogP contribution in [0.4, 0.5) is 8.78 Å². The van der Waals surface area contributed by atoms with E-state index in [0.29, 0.717) is 13.2 Å². The highest BCUT2D eigenvalue weighted by Crippen LogP contribution is 2.30. The molecule has 9 heteroatoms. The number of ether oxygens (including phenoxy) is 1. The quantitative estimate of drug-likeness (QED) is 0.348. The van der Waals surface area contributed by atoms with Crippen molar-refractivity contribution < 1.29 is 23.3 Å². The van der Waals surface area contributed by atoms with Gasteiger partial charge in [0.1, 0.15) is 30.6 Å². The van der Waals surface area contributed by atoms with Gasteiger partial charge in [-0.25, -0.2) is 8.78 Å². The molecule has 1 unspecified atom stereocenters. The summed E-state index contributed by atoms with van der Waals surface area (Å²) in [7, 11) is 0. The zero-order valence-electron chi connectivity index (χ0n) is 19.8. The van der Waals surface area contributed by atoms with Crippen LogP contribution in [0.1, 0.15) is 22.7 Å². The third-order valence-corrected chi connectivity index (χ3v) is 6.52. The number of fused-ring (bicyclic) bond motifs is 1. The molecule has 5 rings (SSSR count). The van der Waals surface area contributed by atoms with E-state index in [-0.39, 0.29) is 42.5 Å². The van der Waals surface area contributed by atoms with E-state index in [0.717, 1.165) is 67.3 Å². The van der Waals surface area contributed by atoms with Crippen LogP contribution in [0.25, 0.3) is 0 Å². The number of hydrogen-bond acceptors (Lipinski definition) is 5. The smallest absolute Gasteiger partial charge is 0.174 e. The summed E-state index contributed by atoms with van der Waals surface area (Å²) < 4.78 is 32.8. The summed E-state index contributed by atoms with van der Waals surface area (Å²) in [6.45, 7) is 5.54. The molecular weight excluding hydrogens is 509 g/mol. The first kappa shape index (κ1) is 28.2. The van der Waals surface area contributed by atoms with Crippen LogP contribution >= 0.6 is 24.8 Å². The predicted molar refractivity (Wildman–Crippen MR) is 139 cm³/mol. The van der Waals surface area contributed by atoms with Gasteiger partial charge in [0.2, 0.25) is 0 Å². The molecule has 0 N–H and O–H groups in total. The van der Waals surface area contributed by atoms with Crippen molar-refractivity contribution in [2.45, 2.75) is 19.1 Å². The molecule has 0 bridgehead atoms. The SMILES string of the molecule is Cl.Cl.Fc1ccc(CC(c2ccc(F)cc2)N2CCN(CCOc3ccc4c(c3)OOC4)CC2)cc1. The average Bonchev–Trinajstić information content (AvgIpc) is 3.33. The average molecular weight is 539 g/mol. The molecule has 0 spiro atoms. The summed E-state index contributed by atoms with van der Waals surface area (Å²) in [4.78, 5) is 14.9. The Bertz CT molecular complexity index is 1100. The number of piperazine rings is 1. The Morgan fingerprint density at radius 3 is 2.19 bits per heavy atom. The molecule has 2 aliphatic heterocycles. The number of hydrogen-bond donors (Lipinski definition) is 0. The fourth-order valence-electron chi connectivity index (χ4n) is 4.56. The van der Waals surface area contributed by atoms with Crippen molar-refractivity contribution in [2.24, 2.45) is 0 Å². The minimum Gasteiger partial charge on any atom is -0.492 e. The molecule has 0 aromatic heterocycles. The van der Waals surface area contributed by atoms with Gasteiger partial charge in [-0.2, -0.15) is 4.89 Å². The normalized spacial score (nSPS) is 16.3. The standard InChI is InChI=1S/C27H28F2N2O3.2ClH/c28-23-6-1-20(2-7-23)17-26(21-3-8-24(29)9-4-21)31-13-11-30(12-14-31)15-16-32-25-10-5-22-19-33-34-27(22)18-25;;/h1-10,18,26H,11-17,19H2;2*1H. The van der Waals surface area contributed by atoms with E-state index < -0.39 is 0 Å². The third-order valence-electron chi connectivity index (χ3n) is 6.52. The maximum Gasteiger partial charge on any atom is 0.174 e. The van der Waals surface area contributed by atoms with Crippen molar-refractivity contribution in [1.29, 1.82) is 0 Å². The van der Waals surface area contributed by atoms with Gasteiger partial charge in [-0.1, -0.05) is 24.3 Å². The number of halogens is 4. The molecule has 194 valence electrons. The molecule has 1 fully saturated rings. The zero-order chi connectivity index (χ0) is 23.3. The summed E-state index contributed by atoms with van der Waals surface area (Å²) >= 11 is 0. The van der Waals surface area contributed by atoms with E-state index in [1.807, 2.05) is 42.5 Å². The van der Waals surface area contributed by atoms with Gasteiger partial charge in [-0.15, -0.1) is 24.8 Å². The Labute approximate surface area is 222 Å². The fraction of sp³-hybridized carbons (Fsp3) is 0.333. The monoisotopic (exact) mass is 538 g/mol. The summed E-state index contributed by atoms with van der Waals surface area (Å²) in [5.74, 6) is 1.02. The Kier molecular flexibility index (Phi) is 10.3. The van der Waals surface area contributed by atoms with Crippen LogP contribution in [0.3, 0.4) is 0 Å². The lowest BCUT2D eigenvalue weighted by Gasteiger charge is -2.39. The maximum absolute atomic E-state index is 13.5. The first-order valence-electron chi connectivity index (χ1n) is 11.7.